The van der Waals surface area contributed by atoms with Gasteiger partial charge in [0, 0.05) is 19.0 Å². The quantitative estimate of drug-likeness (QED) is 0.781. The fourth-order valence-electron chi connectivity index (χ4n) is 1.17. The van der Waals surface area contributed by atoms with Crippen molar-refractivity contribution in [2.75, 3.05) is 12.8 Å². The molecule has 6 heteroatoms. The van der Waals surface area contributed by atoms with E-state index >= 15 is 0 Å². The van der Waals surface area contributed by atoms with Crippen molar-refractivity contribution < 1.29 is 8.42 Å². The Kier molecular flexibility index (Phi) is 3.28. The van der Waals surface area contributed by atoms with E-state index in [1.165, 1.54) is 12.4 Å². The van der Waals surface area contributed by atoms with Crippen LogP contribution in [0.2, 0.25) is 0 Å². The zero-order valence-corrected chi connectivity index (χ0v) is 9.16. The van der Waals surface area contributed by atoms with Crippen LogP contribution in [0, 0.1) is 0 Å². The van der Waals surface area contributed by atoms with Gasteiger partial charge in [0.15, 0.2) is 9.84 Å². The molecule has 1 aromatic heterocycles. The van der Waals surface area contributed by atoms with Crippen molar-refractivity contribution in [1.82, 2.24) is 9.78 Å². The van der Waals surface area contributed by atoms with Crippen molar-refractivity contribution in [2.45, 2.75) is 24.3 Å². The fraction of sp³-hybridized carbons (Fsp3) is 0.625. The summed E-state index contributed by atoms with van der Waals surface area (Å²) in [4.78, 5) is 0.240. The van der Waals surface area contributed by atoms with Crippen molar-refractivity contribution in [3.8, 4) is 0 Å². The largest absolute Gasteiger partial charge is 0.328 e. The second-order valence-corrected chi connectivity index (χ2v) is 5.24. The van der Waals surface area contributed by atoms with Crippen LogP contribution in [0.4, 0.5) is 0 Å². The summed E-state index contributed by atoms with van der Waals surface area (Å²) in [7, 11) is -3.16. The van der Waals surface area contributed by atoms with Gasteiger partial charge < -0.3 is 5.73 Å². The van der Waals surface area contributed by atoms with Gasteiger partial charge in [0.2, 0.25) is 0 Å². The van der Waals surface area contributed by atoms with Gasteiger partial charge in [0.25, 0.3) is 0 Å². The highest BCUT2D eigenvalue weighted by atomic mass is 32.2. The third-order valence-corrected chi connectivity index (χ3v) is 3.19. The van der Waals surface area contributed by atoms with Crippen LogP contribution in [0.1, 0.15) is 19.4 Å². The predicted octanol–water partition coefficient (Wildman–Crippen LogP) is 0.196. The first-order chi connectivity index (χ1) is 6.49. The maximum atomic E-state index is 11.2. The van der Waals surface area contributed by atoms with E-state index in [0.29, 0.717) is 6.54 Å². The van der Waals surface area contributed by atoms with Crippen molar-refractivity contribution in [1.29, 1.82) is 0 Å². The molecule has 0 spiro atoms. The molecule has 0 aliphatic rings. The third kappa shape index (κ3) is 2.33. The molecule has 1 unspecified atom stereocenters. The van der Waals surface area contributed by atoms with E-state index in [9.17, 15) is 8.42 Å². The van der Waals surface area contributed by atoms with E-state index in [2.05, 4.69) is 5.10 Å². The van der Waals surface area contributed by atoms with Gasteiger partial charge >= 0.3 is 0 Å². The van der Waals surface area contributed by atoms with Gasteiger partial charge in [-0.05, 0) is 6.42 Å². The normalized spacial score (nSPS) is 14.2. The lowest BCUT2D eigenvalue weighted by atomic mass is 10.2. The van der Waals surface area contributed by atoms with Crippen molar-refractivity contribution in [3.63, 3.8) is 0 Å². The third-order valence-electron chi connectivity index (χ3n) is 2.12. The molecule has 0 fully saturated rings. The number of nitrogens with two attached hydrogens (primary N) is 1. The molecule has 0 bridgehead atoms. The number of hydrogen-bond acceptors (Lipinski definition) is 4. The summed E-state index contributed by atoms with van der Waals surface area (Å²) in [5.41, 5.74) is 5.52. The molecular weight excluding hydrogens is 202 g/mol. The maximum Gasteiger partial charge on any atom is 0.178 e. The Morgan fingerprint density at radius 3 is 2.64 bits per heavy atom. The van der Waals surface area contributed by atoms with Crippen LogP contribution >= 0.6 is 0 Å². The van der Waals surface area contributed by atoms with Crippen LogP contribution in [-0.4, -0.2) is 31.0 Å². The average Bonchev–Trinajstić information content (AvgIpc) is 2.54. The summed E-state index contributed by atoms with van der Waals surface area (Å²) < 4.78 is 23.9. The zero-order chi connectivity index (χ0) is 10.8. The Balaban J connectivity index is 2.99. The first-order valence-corrected chi connectivity index (χ1v) is 6.32. The van der Waals surface area contributed by atoms with Crippen LogP contribution in [0.3, 0.4) is 0 Å². The second-order valence-electron chi connectivity index (χ2n) is 3.23. The zero-order valence-electron chi connectivity index (χ0n) is 8.34. The highest BCUT2D eigenvalue weighted by Gasteiger charge is 2.13. The molecule has 0 amide bonds. The Labute approximate surface area is 83.8 Å². The molecule has 2 N–H and O–H groups in total. The molecule has 1 atom stereocenters. The number of nitrogens with zero attached hydrogens (tertiary/aromatic N) is 2. The molecule has 0 aliphatic carbocycles. The summed E-state index contributed by atoms with van der Waals surface area (Å²) in [6, 6.07) is 0.0745. The van der Waals surface area contributed by atoms with Gasteiger partial charge in [0.1, 0.15) is 4.90 Å². The van der Waals surface area contributed by atoms with Gasteiger partial charge in [-0.3, -0.25) is 4.68 Å². The molecular formula is C8H15N3O2S. The van der Waals surface area contributed by atoms with E-state index in [-0.39, 0.29) is 10.9 Å². The molecule has 1 aromatic rings. The smallest absolute Gasteiger partial charge is 0.178 e. The van der Waals surface area contributed by atoms with Crippen molar-refractivity contribution in [2.24, 2.45) is 5.73 Å². The molecule has 14 heavy (non-hydrogen) atoms. The summed E-state index contributed by atoms with van der Waals surface area (Å²) in [5.74, 6) is 0. The molecule has 0 radical (unpaired) electrons. The van der Waals surface area contributed by atoms with Crippen LogP contribution in [0.25, 0.3) is 0 Å². The Morgan fingerprint density at radius 2 is 2.29 bits per heavy atom. The van der Waals surface area contributed by atoms with E-state index in [1.807, 2.05) is 6.92 Å². The predicted molar refractivity (Wildman–Crippen MR) is 53.7 cm³/mol. The lowest BCUT2D eigenvalue weighted by Gasteiger charge is -2.11. The fourth-order valence-corrected chi connectivity index (χ4v) is 1.71. The lowest BCUT2D eigenvalue weighted by Crippen LogP contribution is -2.18. The van der Waals surface area contributed by atoms with E-state index in [1.54, 1.807) is 4.68 Å². The molecule has 1 rings (SSSR count). The molecule has 1 heterocycles. The molecule has 0 saturated heterocycles. The topological polar surface area (TPSA) is 78.0 Å². The van der Waals surface area contributed by atoms with Crippen LogP contribution in [0.5, 0.6) is 0 Å². The standard InChI is InChI=1S/C8H15N3O2S/c1-3-7(4-9)11-6-8(5-10-11)14(2,12)13/h5-7H,3-4,9H2,1-2H3. The van der Waals surface area contributed by atoms with E-state index < -0.39 is 9.84 Å². The first kappa shape index (κ1) is 11.2. The van der Waals surface area contributed by atoms with Gasteiger partial charge in [-0.15, -0.1) is 0 Å². The van der Waals surface area contributed by atoms with Gasteiger partial charge in [0.05, 0.1) is 12.2 Å². The van der Waals surface area contributed by atoms with Crippen LogP contribution in [0.15, 0.2) is 17.3 Å². The van der Waals surface area contributed by atoms with Gasteiger partial charge in [-0.25, -0.2) is 8.42 Å². The maximum absolute atomic E-state index is 11.2. The number of hydrogen-bond donors (Lipinski definition) is 1. The molecule has 5 nitrogen and oxygen atoms in total. The SMILES string of the molecule is CCC(CN)n1cc(S(C)(=O)=O)cn1. The number of rotatable bonds is 4. The Bertz CT molecular complexity index is 392. The summed E-state index contributed by atoms with van der Waals surface area (Å²) in [6.45, 7) is 2.45. The van der Waals surface area contributed by atoms with E-state index in [0.717, 1.165) is 12.7 Å². The molecule has 0 aliphatic heterocycles. The average molecular weight is 217 g/mol. The van der Waals surface area contributed by atoms with Gasteiger partial charge in [-0.1, -0.05) is 6.92 Å². The minimum absolute atomic E-state index is 0.0745. The van der Waals surface area contributed by atoms with Crippen LogP contribution in [-0.2, 0) is 9.84 Å². The van der Waals surface area contributed by atoms with Crippen molar-refractivity contribution >= 4 is 9.84 Å². The molecule has 80 valence electrons. The minimum Gasteiger partial charge on any atom is -0.328 e. The number of aromatic nitrogens is 2. The highest BCUT2D eigenvalue weighted by molar-refractivity contribution is 7.90. The highest BCUT2D eigenvalue weighted by Crippen LogP contribution is 2.12. The number of sulfone groups is 1. The van der Waals surface area contributed by atoms with Crippen molar-refractivity contribution in [3.05, 3.63) is 12.4 Å². The Hall–Kier alpha value is -0.880. The monoisotopic (exact) mass is 217 g/mol. The summed E-state index contributed by atoms with van der Waals surface area (Å²) in [6.07, 6.45) is 4.88. The summed E-state index contributed by atoms with van der Waals surface area (Å²) in [5, 5.41) is 3.98. The lowest BCUT2D eigenvalue weighted by molar-refractivity contribution is 0.449. The van der Waals surface area contributed by atoms with Gasteiger partial charge in [-0.2, -0.15) is 5.10 Å². The second kappa shape index (κ2) is 4.10. The minimum atomic E-state index is -3.16. The Morgan fingerprint density at radius 1 is 1.64 bits per heavy atom. The van der Waals surface area contributed by atoms with E-state index in [4.69, 9.17) is 5.73 Å². The summed E-state index contributed by atoms with van der Waals surface area (Å²) >= 11 is 0. The molecule has 0 saturated carbocycles. The first-order valence-electron chi connectivity index (χ1n) is 4.43. The molecule has 0 aromatic carbocycles. The van der Waals surface area contributed by atoms with Crippen LogP contribution < -0.4 is 5.73 Å².